The van der Waals surface area contributed by atoms with Crippen molar-refractivity contribution in [1.29, 1.82) is 0 Å². The number of aryl methyl sites for hydroxylation is 1. The van der Waals surface area contributed by atoms with Crippen LogP contribution >= 0.6 is 11.6 Å². The van der Waals surface area contributed by atoms with Gasteiger partial charge in [0.2, 0.25) is 10.0 Å². The lowest BCUT2D eigenvalue weighted by Crippen LogP contribution is -2.39. The van der Waals surface area contributed by atoms with Crippen LogP contribution in [0, 0.1) is 12.7 Å². The Morgan fingerprint density at radius 1 is 1.27 bits per heavy atom. The van der Waals surface area contributed by atoms with E-state index in [1.807, 2.05) is 0 Å². The van der Waals surface area contributed by atoms with Crippen molar-refractivity contribution < 1.29 is 17.6 Å². The van der Waals surface area contributed by atoms with Gasteiger partial charge in [-0.25, -0.2) is 18.2 Å². The minimum Gasteiger partial charge on any atom is -0.271 e. The quantitative estimate of drug-likeness (QED) is 0.601. The van der Waals surface area contributed by atoms with Crippen LogP contribution in [0.1, 0.15) is 11.1 Å². The van der Waals surface area contributed by atoms with Gasteiger partial charge in [-0.2, -0.15) is 5.10 Å². The number of hydrazone groups is 1. The number of carbonyl (C=O) groups excluding carboxylic acids is 1. The van der Waals surface area contributed by atoms with Crippen molar-refractivity contribution in [3.05, 3.63) is 64.4 Å². The van der Waals surface area contributed by atoms with Gasteiger partial charge in [-0.1, -0.05) is 29.8 Å². The number of hydrogen-bond acceptors (Lipinski definition) is 4. The fourth-order valence-corrected chi connectivity index (χ4v) is 3.20. The first-order valence-electron chi connectivity index (χ1n) is 7.48. The molecule has 26 heavy (non-hydrogen) atoms. The number of nitrogens with zero attached hydrogens (tertiary/aromatic N) is 2. The van der Waals surface area contributed by atoms with Crippen molar-refractivity contribution in [3.8, 4) is 0 Å². The highest BCUT2D eigenvalue weighted by Gasteiger charge is 2.22. The van der Waals surface area contributed by atoms with Crippen molar-refractivity contribution in [3.63, 3.8) is 0 Å². The van der Waals surface area contributed by atoms with Crippen LogP contribution < -0.4 is 9.73 Å². The lowest BCUT2D eigenvalue weighted by molar-refractivity contribution is -0.119. The molecule has 0 heterocycles. The summed E-state index contributed by atoms with van der Waals surface area (Å²) in [7, 11) is -3.71. The molecule has 0 aromatic heterocycles. The average Bonchev–Trinajstić information content (AvgIpc) is 2.56. The molecule has 1 N–H and O–H groups in total. The SMILES string of the molecule is Cc1ccc(Cl)cc1N(CC(=O)N/N=C\c1ccc(F)cc1)S(C)(=O)=O. The zero-order valence-corrected chi connectivity index (χ0v) is 15.7. The van der Waals surface area contributed by atoms with Crippen LogP contribution in [0.5, 0.6) is 0 Å². The van der Waals surface area contributed by atoms with E-state index in [9.17, 15) is 17.6 Å². The predicted molar refractivity (Wildman–Crippen MR) is 101 cm³/mol. The average molecular weight is 398 g/mol. The predicted octanol–water partition coefficient (Wildman–Crippen LogP) is 2.70. The number of carbonyl (C=O) groups is 1. The molecule has 0 bridgehead atoms. The van der Waals surface area contributed by atoms with Crippen LogP contribution in [0.4, 0.5) is 10.1 Å². The Morgan fingerprint density at radius 3 is 2.54 bits per heavy atom. The fraction of sp³-hybridized carbons (Fsp3) is 0.176. The smallest absolute Gasteiger partial charge is 0.260 e. The van der Waals surface area contributed by atoms with Gasteiger partial charge in [0.1, 0.15) is 12.4 Å². The van der Waals surface area contributed by atoms with Crippen LogP contribution in [0.15, 0.2) is 47.6 Å². The van der Waals surface area contributed by atoms with E-state index in [1.165, 1.54) is 36.5 Å². The fourth-order valence-electron chi connectivity index (χ4n) is 2.13. The van der Waals surface area contributed by atoms with E-state index >= 15 is 0 Å². The summed E-state index contributed by atoms with van der Waals surface area (Å²) >= 11 is 5.94. The summed E-state index contributed by atoms with van der Waals surface area (Å²) in [5.41, 5.74) is 3.80. The van der Waals surface area contributed by atoms with Gasteiger partial charge in [-0.3, -0.25) is 9.10 Å². The molecule has 0 aliphatic carbocycles. The maximum Gasteiger partial charge on any atom is 0.260 e. The second-order valence-corrected chi connectivity index (χ2v) is 7.89. The summed E-state index contributed by atoms with van der Waals surface area (Å²) in [5, 5.41) is 4.10. The number of halogens is 2. The summed E-state index contributed by atoms with van der Waals surface area (Å²) in [6.45, 7) is 1.26. The molecular weight excluding hydrogens is 381 g/mol. The Morgan fingerprint density at radius 2 is 1.92 bits per heavy atom. The van der Waals surface area contributed by atoms with Gasteiger partial charge in [-0.15, -0.1) is 0 Å². The van der Waals surface area contributed by atoms with E-state index < -0.39 is 22.5 Å². The van der Waals surface area contributed by atoms with E-state index in [2.05, 4.69) is 10.5 Å². The third kappa shape index (κ3) is 5.53. The van der Waals surface area contributed by atoms with Crippen LogP contribution in [-0.4, -0.2) is 33.3 Å². The number of nitrogens with one attached hydrogen (secondary N) is 1. The molecule has 0 saturated carbocycles. The molecule has 6 nitrogen and oxygen atoms in total. The number of hydrogen-bond donors (Lipinski definition) is 1. The molecule has 2 aromatic rings. The standard InChI is InChI=1S/C17H17ClFN3O3S/c1-12-3-6-14(18)9-16(12)22(26(2,24)25)11-17(23)21-20-10-13-4-7-15(19)8-5-13/h3-10H,11H2,1-2H3,(H,21,23)/b20-10-. The highest BCUT2D eigenvalue weighted by Crippen LogP contribution is 2.26. The third-order valence-electron chi connectivity index (χ3n) is 3.40. The first-order chi connectivity index (χ1) is 12.2. The second kappa shape index (κ2) is 8.29. The van der Waals surface area contributed by atoms with Gasteiger partial charge in [0.05, 0.1) is 18.2 Å². The van der Waals surface area contributed by atoms with Gasteiger partial charge in [0.15, 0.2) is 0 Å². The first kappa shape index (κ1) is 19.9. The molecule has 0 saturated heterocycles. The van der Waals surface area contributed by atoms with Gasteiger partial charge in [0, 0.05) is 5.02 Å². The minimum atomic E-state index is -3.71. The van der Waals surface area contributed by atoms with E-state index in [0.717, 1.165) is 10.6 Å². The van der Waals surface area contributed by atoms with Crippen LogP contribution in [-0.2, 0) is 14.8 Å². The second-order valence-electron chi connectivity index (χ2n) is 5.55. The number of anilines is 1. The monoisotopic (exact) mass is 397 g/mol. The van der Waals surface area contributed by atoms with Gasteiger partial charge >= 0.3 is 0 Å². The molecule has 138 valence electrons. The Balaban J connectivity index is 2.12. The number of sulfonamides is 1. The lowest BCUT2D eigenvalue weighted by atomic mass is 10.2. The lowest BCUT2D eigenvalue weighted by Gasteiger charge is -2.23. The van der Waals surface area contributed by atoms with Crippen LogP contribution in [0.2, 0.25) is 5.02 Å². The Labute approximate surface area is 156 Å². The zero-order chi connectivity index (χ0) is 19.3. The maximum atomic E-state index is 12.8. The number of amides is 1. The summed E-state index contributed by atoms with van der Waals surface area (Å²) in [6, 6.07) is 10.3. The van der Waals surface area contributed by atoms with E-state index in [1.54, 1.807) is 19.1 Å². The summed E-state index contributed by atoms with van der Waals surface area (Å²) in [6.07, 6.45) is 2.33. The molecule has 0 atom stereocenters. The van der Waals surface area contributed by atoms with Crippen molar-refractivity contribution in [2.75, 3.05) is 17.1 Å². The van der Waals surface area contributed by atoms with E-state index in [4.69, 9.17) is 11.6 Å². The Hall–Kier alpha value is -2.45. The van der Waals surface area contributed by atoms with E-state index in [0.29, 0.717) is 21.8 Å². The number of rotatable bonds is 6. The van der Waals surface area contributed by atoms with Gasteiger partial charge in [0.25, 0.3) is 5.91 Å². The minimum absolute atomic E-state index is 0.317. The molecule has 0 radical (unpaired) electrons. The molecule has 2 aromatic carbocycles. The zero-order valence-electron chi connectivity index (χ0n) is 14.1. The van der Waals surface area contributed by atoms with Crippen molar-refractivity contribution in [2.45, 2.75) is 6.92 Å². The van der Waals surface area contributed by atoms with Crippen LogP contribution in [0.3, 0.4) is 0 Å². The van der Waals surface area contributed by atoms with Crippen molar-refractivity contribution >= 4 is 39.4 Å². The third-order valence-corrected chi connectivity index (χ3v) is 4.76. The molecule has 2 rings (SSSR count). The number of benzene rings is 2. The topological polar surface area (TPSA) is 78.8 Å². The molecular formula is C17H17ClFN3O3S. The molecule has 0 unspecified atom stereocenters. The Kier molecular flexibility index (Phi) is 6.33. The first-order valence-corrected chi connectivity index (χ1v) is 9.71. The van der Waals surface area contributed by atoms with Crippen molar-refractivity contribution in [2.24, 2.45) is 5.10 Å². The molecule has 0 spiro atoms. The van der Waals surface area contributed by atoms with Crippen LogP contribution in [0.25, 0.3) is 0 Å². The highest BCUT2D eigenvalue weighted by molar-refractivity contribution is 7.92. The Bertz CT molecular complexity index is 931. The highest BCUT2D eigenvalue weighted by atomic mass is 35.5. The largest absolute Gasteiger partial charge is 0.271 e. The molecule has 0 aliphatic rings. The summed E-state index contributed by atoms with van der Waals surface area (Å²) in [5.74, 6) is -1.01. The summed E-state index contributed by atoms with van der Waals surface area (Å²) < 4.78 is 38.0. The summed E-state index contributed by atoms with van der Waals surface area (Å²) in [4.78, 5) is 12.1. The maximum absolute atomic E-state index is 12.8. The molecule has 1 amide bonds. The molecule has 0 fully saturated rings. The van der Waals surface area contributed by atoms with Gasteiger partial charge < -0.3 is 0 Å². The normalized spacial score (nSPS) is 11.5. The molecule has 0 aliphatic heterocycles. The van der Waals surface area contributed by atoms with Gasteiger partial charge in [-0.05, 0) is 42.3 Å². The van der Waals surface area contributed by atoms with Crippen molar-refractivity contribution in [1.82, 2.24) is 5.43 Å². The molecule has 9 heteroatoms. The van der Waals surface area contributed by atoms with E-state index in [-0.39, 0.29) is 5.82 Å².